The van der Waals surface area contributed by atoms with Gasteiger partial charge in [-0.2, -0.15) is 13.2 Å². The summed E-state index contributed by atoms with van der Waals surface area (Å²) in [5, 5.41) is 8.64. The monoisotopic (exact) mass is 498 g/mol. The highest BCUT2D eigenvalue weighted by Gasteiger charge is 2.60. The van der Waals surface area contributed by atoms with Crippen LogP contribution in [0.25, 0.3) is 5.69 Å². The van der Waals surface area contributed by atoms with Crippen molar-refractivity contribution in [3.8, 4) is 5.69 Å². The van der Waals surface area contributed by atoms with Gasteiger partial charge in [-0.1, -0.05) is 11.6 Å². The molecule has 1 spiro atoms. The molecule has 4 aliphatic rings. The lowest BCUT2D eigenvalue weighted by atomic mass is 9.72. The Morgan fingerprint density at radius 1 is 1.00 bits per heavy atom. The normalized spacial score (nSPS) is 21.9. The lowest BCUT2D eigenvalue weighted by Crippen LogP contribution is -2.74. The van der Waals surface area contributed by atoms with Crippen LogP contribution in [0.4, 0.5) is 23.5 Å². The van der Waals surface area contributed by atoms with Crippen molar-refractivity contribution in [2.45, 2.75) is 37.8 Å². The zero-order valence-corrected chi connectivity index (χ0v) is 18.5. The van der Waals surface area contributed by atoms with E-state index in [1.165, 1.54) is 6.07 Å². The van der Waals surface area contributed by atoms with Crippen LogP contribution in [-0.2, 0) is 22.7 Å². The number of amides is 2. The summed E-state index contributed by atoms with van der Waals surface area (Å²) >= 11 is 6.09. The van der Waals surface area contributed by atoms with Crippen LogP contribution >= 0.6 is 11.6 Å². The topological polar surface area (TPSA) is 74.6 Å². The fourth-order valence-corrected chi connectivity index (χ4v) is 5.33. The standard InChI is InChI=1S/C21H19ClF4N6O2/c22-13-1-2-14-12(5-13)6-29(17(34)21(24,25)26)7-15-27-28-18(32(14)15)31-10-19(11-31)8-30(9-19)16(33)20(23)3-4-20/h1-2,5H,3-4,6-11H2. The molecule has 0 unspecified atom stereocenters. The quantitative estimate of drug-likeness (QED) is 0.595. The lowest BCUT2D eigenvalue weighted by Gasteiger charge is -2.60. The molecule has 2 aromatic rings. The molecule has 1 aromatic carbocycles. The van der Waals surface area contributed by atoms with E-state index in [2.05, 4.69) is 10.2 Å². The van der Waals surface area contributed by atoms with Gasteiger partial charge in [0.1, 0.15) is 0 Å². The third-order valence-electron chi connectivity index (χ3n) is 6.97. The first-order valence-corrected chi connectivity index (χ1v) is 11.2. The van der Waals surface area contributed by atoms with Crippen LogP contribution in [0.1, 0.15) is 24.2 Å². The van der Waals surface area contributed by atoms with Gasteiger partial charge in [0, 0.05) is 43.2 Å². The fourth-order valence-electron chi connectivity index (χ4n) is 5.13. The first-order valence-electron chi connectivity index (χ1n) is 10.8. The summed E-state index contributed by atoms with van der Waals surface area (Å²) in [4.78, 5) is 28.4. The van der Waals surface area contributed by atoms with Crippen LogP contribution in [0.15, 0.2) is 18.2 Å². The van der Waals surface area contributed by atoms with E-state index in [1.807, 2.05) is 4.90 Å². The predicted octanol–water partition coefficient (Wildman–Crippen LogP) is 2.48. The van der Waals surface area contributed by atoms with Crippen LogP contribution in [0.5, 0.6) is 0 Å². The molecule has 1 saturated carbocycles. The van der Waals surface area contributed by atoms with Crippen LogP contribution in [0.3, 0.4) is 0 Å². The van der Waals surface area contributed by atoms with Crippen LogP contribution in [0, 0.1) is 5.41 Å². The van der Waals surface area contributed by atoms with Crippen LogP contribution < -0.4 is 4.90 Å². The van der Waals surface area contributed by atoms with Crippen molar-refractivity contribution in [3.05, 3.63) is 34.6 Å². The molecule has 0 atom stereocenters. The Bertz CT molecular complexity index is 1210. The number of alkyl halides is 4. The molecule has 2 amide bonds. The van der Waals surface area contributed by atoms with E-state index in [1.54, 1.807) is 21.6 Å². The molecule has 1 aliphatic carbocycles. The molecule has 13 heteroatoms. The van der Waals surface area contributed by atoms with E-state index in [0.29, 0.717) is 53.3 Å². The predicted molar refractivity (Wildman–Crippen MR) is 111 cm³/mol. The van der Waals surface area contributed by atoms with Crippen molar-refractivity contribution in [2.24, 2.45) is 5.41 Å². The Balaban J connectivity index is 1.26. The minimum atomic E-state index is -5.02. The second kappa shape index (κ2) is 6.83. The molecular weight excluding hydrogens is 480 g/mol. The maximum atomic E-state index is 14.1. The minimum Gasteiger partial charge on any atom is -0.339 e. The fraction of sp³-hybridized carbons (Fsp3) is 0.524. The Labute approximate surface area is 196 Å². The molecule has 6 rings (SSSR count). The van der Waals surface area contributed by atoms with E-state index in [4.69, 9.17) is 11.6 Å². The van der Waals surface area contributed by atoms with E-state index in [9.17, 15) is 27.2 Å². The van der Waals surface area contributed by atoms with Crippen molar-refractivity contribution < 1.29 is 27.2 Å². The van der Waals surface area contributed by atoms with Crippen molar-refractivity contribution >= 4 is 29.4 Å². The highest BCUT2D eigenvalue weighted by Crippen LogP contribution is 2.47. The van der Waals surface area contributed by atoms with Gasteiger partial charge in [0.25, 0.3) is 5.91 Å². The van der Waals surface area contributed by atoms with Crippen LogP contribution in [-0.4, -0.2) is 74.4 Å². The average molecular weight is 499 g/mol. The summed E-state index contributed by atoms with van der Waals surface area (Å²) in [6.07, 6.45) is -4.46. The first kappa shape index (κ1) is 21.6. The van der Waals surface area contributed by atoms with E-state index in [0.717, 1.165) is 0 Å². The number of rotatable bonds is 2. The van der Waals surface area contributed by atoms with Gasteiger partial charge >= 0.3 is 12.1 Å². The van der Waals surface area contributed by atoms with Crippen molar-refractivity contribution in [1.82, 2.24) is 24.6 Å². The number of halogens is 5. The molecule has 0 N–H and O–H groups in total. The zero-order chi connectivity index (χ0) is 24.0. The maximum absolute atomic E-state index is 14.1. The van der Waals surface area contributed by atoms with Gasteiger partial charge in [0.05, 0.1) is 12.2 Å². The van der Waals surface area contributed by atoms with Gasteiger partial charge in [0.2, 0.25) is 5.95 Å². The summed E-state index contributed by atoms with van der Waals surface area (Å²) in [5.41, 5.74) is -0.839. The first-order chi connectivity index (χ1) is 16.0. The molecule has 0 bridgehead atoms. The molecule has 3 fully saturated rings. The largest absolute Gasteiger partial charge is 0.471 e. The van der Waals surface area contributed by atoms with Crippen molar-refractivity contribution in [1.29, 1.82) is 0 Å². The lowest BCUT2D eigenvalue weighted by molar-refractivity contribution is -0.186. The van der Waals surface area contributed by atoms with E-state index in [-0.39, 0.29) is 37.2 Å². The second-order valence-corrected chi connectivity index (χ2v) is 10.1. The molecule has 0 radical (unpaired) electrons. The number of carbonyl (C=O) groups excluding carboxylic acids is 2. The number of carbonyl (C=O) groups is 2. The third-order valence-corrected chi connectivity index (χ3v) is 7.20. The van der Waals surface area contributed by atoms with Gasteiger partial charge in [-0.05, 0) is 36.6 Å². The van der Waals surface area contributed by atoms with E-state index >= 15 is 0 Å². The molecule has 3 aliphatic heterocycles. The highest BCUT2D eigenvalue weighted by atomic mass is 35.5. The number of likely N-dealkylation sites (tertiary alicyclic amines) is 1. The Morgan fingerprint density at radius 3 is 2.35 bits per heavy atom. The molecule has 2 saturated heterocycles. The number of nitrogens with zero attached hydrogens (tertiary/aromatic N) is 6. The van der Waals surface area contributed by atoms with Gasteiger partial charge in [-0.15, -0.1) is 10.2 Å². The smallest absolute Gasteiger partial charge is 0.339 e. The van der Waals surface area contributed by atoms with Crippen molar-refractivity contribution in [2.75, 3.05) is 31.1 Å². The second-order valence-electron chi connectivity index (χ2n) is 9.67. The minimum absolute atomic E-state index is 0.154. The Kier molecular flexibility index (Phi) is 4.35. The van der Waals surface area contributed by atoms with Gasteiger partial charge in [-0.3, -0.25) is 14.2 Å². The highest BCUT2D eigenvalue weighted by molar-refractivity contribution is 6.30. The summed E-state index contributed by atoms with van der Waals surface area (Å²) < 4.78 is 55.2. The summed E-state index contributed by atoms with van der Waals surface area (Å²) in [6, 6.07) is 4.82. The maximum Gasteiger partial charge on any atom is 0.471 e. The van der Waals surface area contributed by atoms with Gasteiger partial charge in [-0.25, -0.2) is 4.39 Å². The molecule has 34 heavy (non-hydrogen) atoms. The summed E-state index contributed by atoms with van der Waals surface area (Å²) in [7, 11) is 0. The molecule has 180 valence electrons. The zero-order valence-electron chi connectivity index (χ0n) is 17.8. The molecule has 4 heterocycles. The third kappa shape index (κ3) is 3.25. The SMILES string of the molecule is O=C(N1Cc2cc(Cl)ccc2-n2c(nnc2N2CC3(CN(C(=O)C4(F)CC4)C3)C2)C1)C(F)(F)F. The van der Waals surface area contributed by atoms with Gasteiger partial charge < -0.3 is 14.7 Å². The number of anilines is 1. The summed E-state index contributed by atoms with van der Waals surface area (Å²) in [6.45, 7) is 1.41. The number of benzene rings is 1. The average Bonchev–Trinajstić information content (AvgIpc) is 3.38. The Morgan fingerprint density at radius 2 is 1.71 bits per heavy atom. The summed E-state index contributed by atoms with van der Waals surface area (Å²) in [5.74, 6) is -1.75. The Hall–Kier alpha value is -2.89. The number of hydrogen-bond donors (Lipinski definition) is 0. The van der Waals surface area contributed by atoms with Crippen molar-refractivity contribution in [3.63, 3.8) is 0 Å². The number of hydrogen-bond acceptors (Lipinski definition) is 5. The van der Waals surface area contributed by atoms with E-state index < -0.39 is 23.7 Å². The van der Waals surface area contributed by atoms with Crippen LogP contribution in [0.2, 0.25) is 5.02 Å². The number of fused-ring (bicyclic) bond motifs is 3. The molecule has 8 nitrogen and oxygen atoms in total. The number of aromatic nitrogens is 3. The van der Waals surface area contributed by atoms with Gasteiger partial charge in [0.15, 0.2) is 11.5 Å². The molecular formula is C21H19ClF4N6O2. The molecule has 1 aromatic heterocycles.